The second-order valence-electron chi connectivity index (χ2n) is 6.43. The second kappa shape index (κ2) is 5.81. The van der Waals surface area contributed by atoms with Crippen LogP contribution in [0.15, 0.2) is 78.9 Å². The predicted molar refractivity (Wildman–Crippen MR) is 95.2 cm³/mol. The SMILES string of the molecule is Cc1ccc(C(C)(C)c2ccc(-c3ccccc3)cc2)cc1. The van der Waals surface area contributed by atoms with E-state index in [9.17, 15) is 0 Å². The minimum absolute atomic E-state index is 0.0168. The zero-order valence-electron chi connectivity index (χ0n) is 13.5. The van der Waals surface area contributed by atoms with Gasteiger partial charge in [-0.15, -0.1) is 0 Å². The summed E-state index contributed by atoms with van der Waals surface area (Å²) in [6.07, 6.45) is 0. The molecule has 0 aliphatic rings. The third-order valence-corrected chi connectivity index (χ3v) is 4.49. The zero-order chi connectivity index (χ0) is 15.6. The van der Waals surface area contributed by atoms with E-state index in [2.05, 4.69) is 99.6 Å². The molecule has 0 N–H and O–H groups in total. The normalized spacial score (nSPS) is 11.4. The minimum Gasteiger partial charge on any atom is -0.0622 e. The minimum atomic E-state index is 0.0168. The molecule has 3 rings (SSSR count). The number of hydrogen-bond acceptors (Lipinski definition) is 0. The van der Waals surface area contributed by atoms with Crippen molar-refractivity contribution < 1.29 is 0 Å². The van der Waals surface area contributed by atoms with E-state index < -0.39 is 0 Å². The Kier molecular flexibility index (Phi) is 3.85. The lowest BCUT2D eigenvalue weighted by Gasteiger charge is -2.26. The van der Waals surface area contributed by atoms with Crippen molar-refractivity contribution in [2.24, 2.45) is 0 Å². The number of hydrogen-bond donors (Lipinski definition) is 0. The fraction of sp³-hybridized carbons (Fsp3) is 0.182. The topological polar surface area (TPSA) is 0 Å². The lowest BCUT2D eigenvalue weighted by Crippen LogP contribution is -2.18. The van der Waals surface area contributed by atoms with Crippen LogP contribution in [0.1, 0.15) is 30.5 Å². The smallest absolute Gasteiger partial charge is 0.0146 e. The van der Waals surface area contributed by atoms with E-state index in [1.807, 2.05) is 0 Å². The summed E-state index contributed by atoms with van der Waals surface area (Å²) in [5.74, 6) is 0. The van der Waals surface area contributed by atoms with Crippen LogP contribution in [0.5, 0.6) is 0 Å². The predicted octanol–water partition coefficient (Wildman–Crippen LogP) is 5.99. The number of rotatable bonds is 3. The summed E-state index contributed by atoms with van der Waals surface area (Å²) in [5.41, 5.74) is 6.55. The van der Waals surface area contributed by atoms with Crippen molar-refractivity contribution in [2.45, 2.75) is 26.2 Å². The van der Waals surface area contributed by atoms with Gasteiger partial charge in [-0.3, -0.25) is 0 Å². The molecule has 0 nitrogen and oxygen atoms in total. The monoisotopic (exact) mass is 286 g/mol. The van der Waals surface area contributed by atoms with Crippen LogP contribution < -0.4 is 0 Å². The highest BCUT2D eigenvalue weighted by Gasteiger charge is 2.22. The molecule has 0 spiro atoms. The number of benzene rings is 3. The quantitative estimate of drug-likeness (QED) is 0.555. The molecule has 0 unspecified atom stereocenters. The van der Waals surface area contributed by atoms with Gasteiger partial charge in [0.05, 0.1) is 0 Å². The molecule has 3 aromatic carbocycles. The molecule has 3 aromatic rings. The van der Waals surface area contributed by atoms with Crippen molar-refractivity contribution in [1.29, 1.82) is 0 Å². The molecule has 22 heavy (non-hydrogen) atoms. The van der Waals surface area contributed by atoms with E-state index in [4.69, 9.17) is 0 Å². The lowest BCUT2D eigenvalue weighted by molar-refractivity contribution is 0.641. The summed E-state index contributed by atoms with van der Waals surface area (Å²) in [7, 11) is 0. The molecular weight excluding hydrogens is 264 g/mol. The standard InChI is InChI=1S/C22H22/c1-17-9-13-20(14-10-17)22(2,3)21-15-11-19(12-16-21)18-7-5-4-6-8-18/h4-16H,1-3H3. The Morgan fingerprint density at radius 3 is 1.55 bits per heavy atom. The molecule has 0 heteroatoms. The van der Waals surface area contributed by atoms with Crippen molar-refractivity contribution in [3.8, 4) is 11.1 Å². The van der Waals surface area contributed by atoms with Gasteiger partial charge in [0.1, 0.15) is 0 Å². The highest BCUT2D eigenvalue weighted by molar-refractivity contribution is 5.64. The van der Waals surface area contributed by atoms with Gasteiger partial charge in [-0.2, -0.15) is 0 Å². The van der Waals surface area contributed by atoms with E-state index in [1.54, 1.807) is 0 Å². The van der Waals surface area contributed by atoms with E-state index in [0.29, 0.717) is 0 Å². The van der Waals surface area contributed by atoms with Crippen molar-refractivity contribution in [3.05, 3.63) is 95.6 Å². The van der Waals surface area contributed by atoms with Crippen LogP contribution in [0.4, 0.5) is 0 Å². The maximum atomic E-state index is 2.29. The highest BCUT2D eigenvalue weighted by Crippen LogP contribution is 2.32. The molecule has 0 saturated carbocycles. The summed E-state index contributed by atoms with van der Waals surface area (Å²) in [4.78, 5) is 0. The van der Waals surface area contributed by atoms with Gasteiger partial charge < -0.3 is 0 Å². The molecule has 0 aliphatic carbocycles. The molecule has 0 fully saturated rings. The first-order chi connectivity index (χ1) is 10.6. The second-order valence-corrected chi connectivity index (χ2v) is 6.43. The van der Waals surface area contributed by atoms with Crippen LogP contribution in [-0.4, -0.2) is 0 Å². The van der Waals surface area contributed by atoms with Gasteiger partial charge in [-0.25, -0.2) is 0 Å². The van der Waals surface area contributed by atoms with Gasteiger partial charge in [-0.1, -0.05) is 98.3 Å². The fourth-order valence-electron chi connectivity index (χ4n) is 2.85. The van der Waals surface area contributed by atoms with Crippen LogP contribution in [0.25, 0.3) is 11.1 Å². The summed E-state index contributed by atoms with van der Waals surface area (Å²) in [5, 5.41) is 0. The summed E-state index contributed by atoms with van der Waals surface area (Å²) < 4.78 is 0. The van der Waals surface area contributed by atoms with Crippen LogP contribution in [0.2, 0.25) is 0 Å². The van der Waals surface area contributed by atoms with Gasteiger partial charge in [0.15, 0.2) is 0 Å². The van der Waals surface area contributed by atoms with E-state index in [0.717, 1.165) is 0 Å². The molecule has 0 bridgehead atoms. The van der Waals surface area contributed by atoms with Crippen molar-refractivity contribution in [3.63, 3.8) is 0 Å². The Morgan fingerprint density at radius 2 is 1.00 bits per heavy atom. The first kappa shape index (κ1) is 14.6. The van der Waals surface area contributed by atoms with E-state index in [1.165, 1.54) is 27.8 Å². The summed E-state index contributed by atoms with van der Waals surface area (Å²) in [6, 6.07) is 28.3. The Balaban J connectivity index is 1.93. The zero-order valence-corrected chi connectivity index (χ0v) is 13.5. The maximum absolute atomic E-state index is 2.29. The molecule has 0 aliphatic heterocycles. The largest absolute Gasteiger partial charge is 0.0622 e. The lowest BCUT2D eigenvalue weighted by atomic mass is 9.77. The highest BCUT2D eigenvalue weighted by atomic mass is 14.3. The van der Waals surface area contributed by atoms with Crippen LogP contribution in [0, 0.1) is 6.92 Å². The summed E-state index contributed by atoms with van der Waals surface area (Å²) in [6.45, 7) is 6.70. The molecule has 0 saturated heterocycles. The molecule has 0 radical (unpaired) electrons. The maximum Gasteiger partial charge on any atom is 0.0146 e. The Morgan fingerprint density at radius 1 is 0.545 bits per heavy atom. The van der Waals surface area contributed by atoms with Gasteiger partial charge in [-0.05, 0) is 29.2 Å². The van der Waals surface area contributed by atoms with Crippen LogP contribution >= 0.6 is 0 Å². The van der Waals surface area contributed by atoms with Gasteiger partial charge >= 0.3 is 0 Å². The first-order valence-corrected chi connectivity index (χ1v) is 7.80. The van der Waals surface area contributed by atoms with Crippen molar-refractivity contribution in [1.82, 2.24) is 0 Å². The van der Waals surface area contributed by atoms with Gasteiger partial charge in [0.25, 0.3) is 0 Å². The molecule has 0 heterocycles. The van der Waals surface area contributed by atoms with Crippen molar-refractivity contribution in [2.75, 3.05) is 0 Å². The first-order valence-electron chi connectivity index (χ1n) is 7.80. The third kappa shape index (κ3) is 2.82. The Labute approximate surface area is 133 Å². The van der Waals surface area contributed by atoms with E-state index >= 15 is 0 Å². The summed E-state index contributed by atoms with van der Waals surface area (Å²) >= 11 is 0. The van der Waals surface area contributed by atoms with Gasteiger partial charge in [0.2, 0.25) is 0 Å². The number of aryl methyl sites for hydroxylation is 1. The molecule has 0 amide bonds. The van der Waals surface area contributed by atoms with Crippen molar-refractivity contribution >= 4 is 0 Å². The average molecular weight is 286 g/mol. The molecular formula is C22H22. The average Bonchev–Trinajstić information content (AvgIpc) is 2.56. The molecule has 0 aromatic heterocycles. The van der Waals surface area contributed by atoms with Crippen LogP contribution in [0.3, 0.4) is 0 Å². The Hall–Kier alpha value is -2.34. The van der Waals surface area contributed by atoms with Gasteiger partial charge in [0, 0.05) is 5.41 Å². The Bertz CT molecular complexity index is 732. The third-order valence-electron chi connectivity index (χ3n) is 4.49. The molecule has 110 valence electrons. The fourth-order valence-corrected chi connectivity index (χ4v) is 2.85. The van der Waals surface area contributed by atoms with Crippen LogP contribution in [-0.2, 0) is 5.41 Å². The molecule has 0 atom stereocenters. The van der Waals surface area contributed by atoms with E-state index in [-0.39, 0.29) is 5.41 Å².